The van der Waals surface area contributed by atoms with Gasteiger partial charge in [-0.25, -0.2) is 14.4 Å². The molecule has 0 bridgehead atoms. The van der Waals surface area contributed by atoms with E-state index < -0.39 is 29.9 Å². The summed E-state index contributed by atoms with van der Waals surface area (Å²) < 4.78 is 25.7. The summed E-state index contributed by atoms with van der Waals surface area (Å²) in [5.41, 5.74) is 2.08. The van der Waals surface area contributed by atoms with Crippen molar-refractivity contribution < 1.29 is 23.5 Å². The van der Waals surface area contributed by atoms with Crippen molar-refractivity contribution in [2.24, 2.45) is 4.99 Å². The van der Waals surface area contributed by atoms with Crippen LogP contribution in [0.3, 0.4) is 0 Å². The van der Waals surface area contributed by atoms with Crippen molar-refractivity contribution in [2.75, 3.05) is 12.4 Å². The van der Waals surface area contributed by atoms with Crippen molar-refractivity contribution in [3.05, 3.63) is 111 Å². The fraction of sp³-hybridized carbons (Fsp3) is 0.138. The van der Waals surface area contributed by atoms with Crippen LogP contribution in [0.1, 0.15) is 40.1 Å². The fourth-order valence-corrected chi connectivity index (χ4v) is 4.80. The number of nitrogens with zero attached hydrogens (tertiary/aromatic N) is 3. The molecule has 2 aromatic heterocycles. The molecule has 12 heteroatoms. The molecule has 3 heterocycles. The summed E-state index contributed by atoms with van der Waals surface area (Å²) in [5, 5.41) is 5.89. The van der Waals surface area contributed by atoms with E-state index in [0.29, 0.717) is 33.1 Å². The number of benzene rings is 2. The summed E-state index contributed by atoms with van der Waals surface area (Å²) in [6.45, 7) is 1.74. The molecule has 0 aliphatic carbocycles. The average molecular weight is 594 g/mol. The fourth-order valence-electron chi connectivity index (χ4n) is 4.23. The number of fused-ring (bicyclic) bond motifs is 1. The molecule has 2 aromatic carbocycles. The van der Waals surface area contributed by atoms with Crippen molar-refractivity contribution >= 4 is 46.4 Å². The number of aromatic nitrogens is 2. The van der Waals surface area contributed by atoms with Crippen molar-refractivity contribution in [3.63, 3.8) is 0 Å². The van der Waals surface area contributed by atoms with E-state index in [1.807, 2.05) is 0 Å². The Labute approximate surface area is 244 Å². The second-order valence-electron chi connectivity index (χ2n) is 8.91. The lowest BCUT2D eigenvalue weighted by Crippen LogP contribution is -2.42. The van der Waals surface area contributed by atoms with Crippen LogP contribution in [0.25, 0.3) is 0 Å². The molecule has 2 N–H and O–H groups in total. The van der Waals surface area contributed by atoms with Crippen molar-refractivity contribution in [1.82, 2.24) is 15.3 Å². The predicted octanol–water partition coefficient (Wildman–Crippen LogP) is 5.62. The summed E-state index contributed by atoms with van der Waals surface area (Å²) in [6, 6.07) is 14.5. The quantitative estimate of drug-likeness (QED) is 0.287. The molecule has 0 fully saturated rings. The molecule has 2 amide bonds. The van der Waals surface area contributed by atoms with Gasteiger partial charge in [0.1, 0.15) is 23.2 Å². The minimum atomic E-state index is -1.45. The number of benzodiazepines with no additional fused rings is 1. The van der Waals surface area contributed by atoms with Crippen molar-refractivity contribution in [3.8, 4) is 11.6 Å². The van der Waals surface area contributed by atoms with Gasteiger partial charge in [-0.05, 0) is 37.3 Å². The van der Waals surface area contributed by atoms with Crippen molar-refractivity contribution in [1.29, 1.82) is 0 Å². The molecule has 9 nitrogen and oxygen atoms in total. The zero-order chi connectivity index (χ0) is 29.1. The van der Waals surface area contributed by atoms with Crippen LogP contribution in [0, 0.1) is 5.82 Å². The number of rotatable bonds is 7. The van der Waals surface area contributed by atoms with Gasteiger partial charge in [0.05, 0.1) is 35.3 Å². The smallest absolute Gasteiger partial charge is 0.269 e. The van der Waals surface area contributed by atoms with Gasteiger partial charge in [0, 0.05) is 28.5 Å². The van der Waals surface area contributed by atoms with Crippen LogP contribution in [-0.4, -0.2) is 40.8 Å². The van der Waals surface area contributed by atoms with Gasteiger partial charge in [0.15, 0.2) is 0 Å². The lowest BCUT2D eigenvalue weighted by Gasteiger charge is -2.18. The van der Waals surface area contributed by atoms with E-state index >= 15 is 0 Å². The van der Waals surface area contributed by atoms with Crippen LogP contribution in [-0.2, 0) is 4.79 Å². The molecule has 1 aliphatic heterocycles. The van der Waals surface area contributed by atoms with E-state index in [1.54, 1.807) is 61.8 Å². The lowest BCUT2D eigenvalue weighted by atomic mass is 9.99. The van der Waals surface area contributed by atoms with E-state index in [-0.39, 0.29) is 22.2 Å². The number of carbonyl (C=O) groups is 2. The van der Waals surface area contributed by atoms with Gasteiger partial charge in [0.2, 0.25) is 12.0 Å². The third-order valence-corrected chi connectivity index (χ3v) is 6.71. The maximum absolute atomic E-state index is 14.3. The number of aliphatic imine (C=N–C) groups is 1. The monoisotopic (exact) mass is 593 g/mol. The Morgan fingerprint density at radius 3 is 2.68 bits per heavy atom. The molecule has 5 rings (SSSR count). The Balaban J connectivity index is 1.53. The summed E-state index contributed by atoms with van der Waals surface area (Å²) in [5.74, 6) is -2.07. The van der Waals surface area contributed by atoms with Gasteiger partial charge in [-0.15, -0.1) is 0 Å². The van der Waals surface area contributed by atoms with Gasteiger partial charge in [-0.1, -0.05) is 47.5 Å². The maximum atomic E-state index is 14.3. The third kappa shape index (κ3) is 5.98. The number of amides is 2. The summed E-state index contributed by atoms with van der Waals surface area (Å²) in [4.78, 5) is 39.4. The second kappa shape index (κ2) is 11.9. The Morgan fingerprint density at radius 1 is 1.12 bits per heavy atom. The van der Waals surface area contributed by atoms with Crippen LogP contribution in [0.4, 0.5) is 10.1 Å². The number of hydrogen-bond donors (Lipinski definition) is 2. The second-order valence-corrected chi connectivity index (χ2v) is 9.75. The van der Waals surface area contributed by atoms with Crippen molar-refractivity contribution in [2.45, 2.75) is 19.2 Å². The molecular formula is C29H22Cl2FN5O4. The van der Waals surface area contributed by atoms with Crippen LogP contribution in [0.5, 0.6) is 11.6 Å². The number of para-hydroxylation sites is 1. The van der Waals surface area contributed by atoms with Gasteiger partial charge >= 0.3 is 0 Å². The highest BCUT2D eigenvalue weighted by atomic mass is 35.5. The molecule has 4 aromatic rings. The van der Waals surface area contributed by atoms with E-state index in [1.165, 1.54) is 13.2 Å². The van der Waals surface area contributed by atoms with Crippen LogP contribution >= 0.6 is 23.2 Å². The molecule has 41 heavy (non-hydrogen) atoms. The number of halogens is 3. The molecule has 1 aliphatic rings. The summed E-state index contributed by atoms with van der Waals surface area (Å²) in [7, 11) is 1.45. The van der Waals surface area contributed by atoms with Crippen LogP contribution in [0.2, 0.25) is 10.0 Å². The highest BCUT2D eigenvalue weighted by molar-refractivity contribution is 6.39. The van der Waals surface area contributed by atoms with Crippen LogP contribution < -0.4 is 20.1 Å². The normalized spacial score (nSPS) is 15.1. The molecule has 2 atom stereocenters. The number of ether oxygens (including phenoxy) is 2. The molecule has 0 radical (unpaired) electrons. The standard InChI is InChI=1S/C29H22Cl2FN5O4/c1-15(16-6-5-9-33-13-16)41-29-20(12-18(32)14-34-29)27(38)37-26-28(39)35-22-8-4-3-7-19(22)25(36-26)24-21(31)10-17(30)11-23(24)40-2/h3-15,26H,1-2H3,(H,35,39)(H,37,38). The van der Waals surface area contributed by atoms with Gasteiger partial charge in [-0.2, -0.15) is 0 Å². The first-order chi connectivity index (χ1) is 19.7. The zero-order valence-electron chi connectivity index (χ0n) is 21.7. The molecule has 208 valence electrons. The first kappa shape index (κ1) is 28.0. The molecule has 0 spiro atoms. The predicted molar refractivity (Wildman–Crippen MR) is 152 cm³/mol. The Hall–Kier alpha value is -4.54. The number of methoxy groups -OCH3 is 1. The van der Waals surface area contributed by atoms with Gasteiger partial charge in [-0.3, -0.25) is 14.6 Å². The molecule has 0 saturated heterocycles. The van der Waals surface area contributed by atoms with Gasteiger partial charge in [0.25, 0.3) is 11.8 Å². The highest BCUT2D eigenvalue weighted by Gasteiger charge is 2.31. The van der Waals surface area contributed by atoms with E-state index in [4.69, 9.17) is 32.7 Å². The summed E-state index contributed by atoms with van der Waals surface area (Å²) in [6.07, 6.45) is 2.14. The minimum absolute atomic E-state index is 0.135. The van der Waals surface area contributed by atoms with E-state index in [9.17, 15) is 14.0 Å². The molecule has 2 unspecified atom stereocenters. The number of pyridine rings is 2. The maximum Gasteiger partial charge on any atom is 0.269 e. The first-order valence-corrected chi connectivity index (χ1v) is 13.0. The topological polar surface area (TPSA) is 115 Å². The number of hydrogen-bond acceptors (Lipinski definition) is 7. The number of nitrogens with one attached hydrogen (secondary N) is 2. The number of carbonyl (C=O) groups excluding carboxylic acids is 2. The molecular weight excluding hydrogens is 572 g/mol. The zero-order valence-corrected chi connectivity index (χ0v) is 23.2. The van der Waals surface area contributed by atoms with E-state index in [2.05, 4.69) is 25.6 Å². The third-order valence-electron chi connectivity index (χ3n) is 6.19. The summed E-state index contributed by atoms with van der Waals surface area (Å²) >= 11 is 12.8. The Bertz CT molecular complexity index is 1670. The van der Waals surface area contributed by atoms with Crippen LogP contribution in [0.15, 0.2) is 78.2 Å². The lowest BCUT2D eigenvalue weighted by molar-refractivity contribution is -0.117. The largest absolute Gasteiger partial charge is 0.496 e. The Morgan fingerprint density at radius 2 is 1.93 bits per heavy atom. The van der Waals surface area contributed by atoms with Gasteiger partial charge < -0.3 is 20.1 Å². The first-order valence-electron chi connectivity index (χ1n) is 12.3. The molecule has 0 saturated carbocycles. The minimum Gasteiger partial charge on any atom is -0.496 e. The number of anilines is 1. The average Bonchev–Trinajstić information content (AvgIpc) is 3.09. The Kier molecular flexibility index (Phi) is 8.14. The SMILES string of the molecule is COc1cc(Cl)cc(Cl)c1C1=NC(NC(=O)c2cc(F)cnc2OC(C)c2cccnc2)C(=O)Nc2ccccc21. The highest BCUT2D eigenvalue weighted by Crippen LogP contribution is 2.36. The van der Waals surface area contributed by atoms with E-state index in [0.717, 1.165) is 12.3 Å².